The Labute approximate surface area is 167 Å². The number of H-pyrrole nitrogens is 1. The average molecular weight is 388 g/mol. The minimum Gasteiger partial charge on any atom is -0.494 e. The molecule has 1 aliphatic rings. The predicted molar refractivity (Wildman–Crippen MR) is 114 cm³/mol. The van der Waals surface area contributed by atoms with Crippen LogP contribution in [0.4, 0.5) is 0 Å². The molecule has 1 aliphatic carbocycles. The van der Waals surface area contributed by atoms with Gasteiger partial charge in [-0.05, 0) is 57.6 Å². The van der Waals surface area contributed by atoms with Crippen molar-refractivity contribution in [1.29, 1.82) is 0 Å². The topological polar surface area (TPSA) is 74.4 Å². The third-order valence-electron chi connectivity index (χ3n) is 5.01. The van der Waals surface area contributed by atoms with Gasteiger partial charge in [0.1, 0.15) is 5.75 Å². The maximum Gasteiger partial charge on any atom is 0.248 e. The first kappa shape index (κ1) is 22.0. The number of carbonyl (C=O) groups excluding carboxylic acids is 1. The molecule has 2 N–H and O–H groups in total. The van der Waals surface area contributed by atoms with Gasteiger partial charge in [-0.3, -0.25) is 9.59 Å². The molecule has 0 atom stereocenters. The molecule has 6 heteroatoms. The van der Waals surface area contributed by atoms with Crippen molar-refractivity contribution in [3.05, 3.63) is 40.7 Å². The largest absolute Gasteiger partial charge is 0.494 e. The number of benzene rings is 1. The lowest BCUT2D eigenvalue weighted by Crippen LogP contribution is -2.38. The van der Waals surface area contributed by atoms with E-state index >= 15 is 0 Å². The number of carbonyl (C=O) groups is 1. The standard InChI is InChI=1S/C20H26N2O3.C2H7N/c1-22(16-6-3-2-4-7-16)20(24)8-5-13-25-17-10-11-18-15(14-17)9-12-19(23)21-18;1-3-2/h9-12,14,16H,2-8,13H2,1H3,(H,21,23);3H,1-2H3. The van der Waals surface area contributed by atoms with E-state index in [2.05, 4.69) is 10.3 Å². The molecule has 154 valence electrons. The maximum absolute atomic E-state index is 12.3. The number of ether oxygens (including phenoxy) is 1. The highest BCUT2D eigenvalue weighted by atomic mass is 16.5. The van der Waals surface area contributed by atoms with Crippen LogP contribution in [0.5, 0.6) is 5.75 Å². The highest BCUT2D eigenvalue weighted by Crippen LogP contribution is 2.22. The van der Waals surface area contributed by atoms with Crippen molar-refractivity contribution in [3.8, 4) is 5.75 Å². The van der Waals surface area contributed by atoms with E-state index in [1.165, 1.54) is 25.3 Å². The smallest absolute Gasteiger partial charge is 0.248 e. The van der Waals surface area contributed by atoms with Gasteiger partial charge in [0, 0.05) is 36.5 Å². The van der Waals surface area contributed by atoms with Crippen molar-refractivity contribution < 1.29 is 9.53 Å². The summed E-state index contributed by atoms with van der Waals surface area (Å²) >= 11 is 0. The lowest BCUT2D eigenvalue weighted by molar-refractivity contribution is -0.132. The molecule has 6 nitrogen and oxygen atoms in total. The van der Waals surface area contributed by atoms with E-state index in [4.69, 9.17) is 4.74 Å². The molecule has 3 rings (SSSR count). The van der Waals surface area contributed by atoms with Gasteiger partial charge in [-0.1, -0.05) is 19.3 Å². The zero-order chi connectivity index (χ0) is 20.4. The maximum atomic E-state index is 12.3. The van der Waals surface area contributed by atoms with Gasteiger partial charge in [0.25, 0.3) is 0 Å². The molecule has 1 amide bonds. The fourth-order valence-corrected chi connectivity index (χ4v) is 3.48. The van der Waals surface area contributed by atoms with E-state index in [0.717, 1.165) is 29.5 Å². The van der Waals surface area contributed by atoms with Gasteiger partial charge in [0.15, 0.2) is 0 Å². The van der Waals surface area contributed by atoms with E-state index in [9.17, 15) is 9.59 Å². The highest BCUT2D eigenvalue weighted by molar-refractivity contribution is 5.79. The SMILES string of the molecule is CN(C(=O)CCCOc1ccc2[nH]c(=O)ccc2c1)C1CCCCC1.CNC. The summed E-state index contributed by atoms with van der Waals surface area (Å²) in [6.07, 6.45) is 7.27. The number of nitrogens with one attached hydrogen (secondary N) is 2. The van der Waals surface area contributed by atoms with Crippen LogP contribution in [0.3, 0.4) is 0 Å². The third-order valence-corrected chi connectivity index (χ3v) is 5.01. The van der Waals surface area contributed by atoms with Crippen LogP contribution in [-0.4, -0.2) is 49.6 Å². The molecule has 0 bridgehead atoms. The molecule has 2 aromatic rings. The number of amides is 1. The minimum atomic E-state index is -0.109. The molecule has 1 saturated carbocycles. The van der Waals surface area contributed by atoms with Gasteiger partial charge >= 0.3 is 0 Å². The predicted octanol–water partition coefficient (Wildman–Crippen LogP) is 3.31. The Morgan fingerprint density at radius 1 is 1.18 bits per heavy atom. The normalized spacial score (nSPS) is 14.2. The van der Waals surface area contributed by atoms with Crippen LogP contribution >= 0.6 is 0 Å². The number of aromatic amines is 1. The Balaban J connectivity index is 0.000000878. The summed E-state index contributed by atoms with van der Waals surface area (Å²) in [5, 5.41) is 3.69. The molecule has 1 fully saturated rings. The van der Waals surface area contributed by atoms with Crippen LogP contribution in [0, 0.1) is 0 Å². The summed E-state index contributed by atoms with van der Waals surface area (Å²) in [5.41, 5.74) is 0.686. The van der Waals surface area contributed by atoms with E-state index in [1.807, 2.05) is 44.2 Å². The van der Waals surface area contributed by atoms with Gasteiger partial charge < -0.3 is 19.9 Å². The monoisotopic (exact) mass is 387 g/mol. The van der Waals surface area contributed by atoms with Gasteiger partial charge in [-0.2, -0.15) is 0 Å². The second-order valence-corrected chi connectivity index (χ2v) is 7.32. The first-order valence-corrected chi connectivity index (χ1v) is 10.1. The molecule has 28 heavy (non-hydrogen) atoms. The van der Waals surface area contributed by atoms with Gasteiger partial charge in [-0.25, -0.2) is 0 Å². The van der Waals surface area contributed by atoms with Crippen molar-refractivity contribution in [1.82, 2.24) is 15.2 Å². The number of hydrogen-bond acceptors (Lipinski definition) is 4. The van der Waals surface area contributed by atoms with Crippen molar-refractivity contribution in [3.63, 3.8) is 0 Å². The molecule has 1 heterocycles. The quantitative estimate of drug-likeness (QED) is 0.746. The number of pyridine rings is 1. The fourth-order valence-electron chi connectivity index (χ4n) is 3.48. The number of aromatic nitrogens is 1. The Kier molecular flexibility index (Phi) is 9.01. The summed E-state index contributed by atoms with van der Waals surface area (Å²) in [6, 6.07) is 9.30. The fraction of sp³-hybridized carbons (Fsp3) is 0.545. The molecular formula is C22H33N3O3. The van der Waals surface area contributed by atoms with Crippen molar-refractivity contribution in [2.45, 2.75) is 51.0 Å². The average Bonchev–Trinajstić information content (AvgIpc) is 2.71. The van der Waals surface area contributed by atoms with E-state index in [-0.39, 0.29) is 11.5 Å². The molecule has 0 unspecified atom stereocenters. The number of rotatable bonds is 6. The first-order chi connectivity index (χ1) is 13.5. The second kappa shape index (κ2) is 11.5. The number of fused-ring (bicyclic) bond motifs is 1. The van der Waals surface area contributed by atoms with Crippen LogP contribution in [0.2, 0.25) is 0 Å². The molecule has 0 saturated heterocycles. The van der Waals surface area contributed by atoms with E-state index in [0.29, 0.717) is 25.5 Å². The lowest BCUT2D eigenvalue weighted by Gasteiger charge is -2.31. The second-order valence-electron chi connectivity index (χ2n) is 7.32. The lowest BCUT2D eigenvalue weighted by atomic mass is 9.94. The summed E-state index contributed by atoms with van der Waals surface area (Å²) in [4.78, 5) is 28.3. The summed E-state index contributed by atoms with van der Waals surface area (Å²) in [5.74, 6) is 0.971. The Morgan fingerprint density at radius 2 is 1.89 bits per heavy atom. The van der Waals surface area contributed by atoms with Crippen molar-refractivity contribution in [2.24, 2.45) is 0 Å². The molecule has 0 spiro atoms. The minimum absolute atomic E-state index is 0.109. The van der Waals surface area contributed by atoms with E-state index in [1.54, 1.807) is 6.07 Å². The summed E-state index contributed by atoms with van der Waals surface area (Å²) < 4.78 is 5.76. The molecular weight excluding hydrogens is 354 g/mol. The third kappa shape index (κ3) is 6.68. The number of hydrogen-bond donors (Lipinski definition) is 2. The van der Waals surface area contributed by atoms with Crippen LogP contribution in [-0.2, 0) is 4.79 Å². The zero-order valence-corrected chi connectivity index (χ0v) is 17.3. The Bertz CT molecular complexity index is 797. The van der Waals surface area contributed by atoms with Crippen LogP contribution in [0.1, 0.15) is 44.9 Å². The van der Waals surface area contributed by atoms with Gasteiger partial charge in [0.05, 0.1) is 6.61 Å². The molecule has 1 aromatic heterocycles. The molecule has 0 radical (unpaired) electrons. The van der Waals surface area contributed by atoms with E-state index < -0.39 is 0 Å². The van der Waals surface area contributed by atoms with Gasteiger partial charge in [0.2, 0.25) is 11.5 Å². The first-order valence-electron chi connectivity index (χ1n) is 10.1. The Hall–Kier alpha value is -2.34. The zero-order valence-electron chi connectivity index (χ0n) is 17.3. The van der Waals surface area contributed by atoms with Gasteiger partial charge in [-0.15, -0.1) is 0 Å². The highest BCUT2D eigenvalue weighted by Gasteiger charge is 2.21. The summed E-state index contributed by atoms with van der Waals surface area (Å²) in [7, 11) is 5.68. The summed E-state index contributed by atoms with van der Waals surface area (Å²) in [6.45, 7) is 0.513. The van der Waals surface area contributed by atoms with Crippen molar-refractivity contribution in [2.75, 3.05) is 27.7 Å². The molecule has 1 aromatic carbocycles. The van der Waals surface area contributed by atoms with Crippen molar-refractivity contribution >= 4 is 16.8 Å². The van der Waals surface area contributed by atoms with Crippen LogP contribution in [0.15, 0.2) is 35.1 Å². The van der Waals surface area contributed by atoms with Crippen LogP contribution < -0.4 is 15.6 Å². The van der Waals surface area contributed by atoms with Crippen LogP contribution in [0.25, 0.3) is 10.9 Å². The number of nitrogens with zero attached hydrogens (tertiary/aromatic N) is 1. The Morgan fingerprint density at radius 3 is 2.61 bits per heavy atom. The molecule has 0 aliphatic heterocycles.